The first-order valence-corrected chi connectivity index (χ1v) is 9.36. The van der Waals surface area contributed by atoms with Crippen LogP contribution in [0.25, 0.3) is 0 Å². The number of nitrogens with zero attached hydrogens (tertiary/aromatic N) is 3. The average Bonchev–Trinajstić information content (AvgIpc) is 2.69. The van der Waals surface area contributed by atoms with Crippen molar-refractivity contribution in [3.8, 4) is 0 Å². The van der Waals surface area contributed by atoms with Gasteiger partial charge in [-0.05, 0) is 31.4 Å². The van der Waals surface area contributed by atoms with Crippen LogP contribution in [0.4, 0.5) is 5.82 Å². The van der Waals surface area contributed by atoms with Crippen LogP contribution >= 0.6 is 0 Å². The van der Waals surface area contributed by atoms with E-state index in [-0.39, 0.29) is 24.1 Å². The number of aromatic nitrogens is 2. The number of aryl methyl sites for hydroxylation is 1. The van der Waals surface area contributed by atoms with Crippen molar-refractivity contribution in [2.24, 2.45) is 0 Å². The van der Waals surface area contributed by atoms with Crippen LogP contribution in [0.5, 0.6) is 0 Å². The second kappa shape index (κ2) is 9.32. The lowest BCUT2D eigenvalue weighted by Crippen LogP contribution is -2.40. The molecule has 7 heteroatoms. The van der Waals surface area contributed by atoms with Crippen LogP contribution in [0.1, 0.15) is 18.9 Å². The maximum absolute atomic E-state index is 12.3. The fraction of sp³-hybridized carbons (Fsp3) is 0.450. The molecule has 1 aliphatic heterocycles. The topological polar surface area (TPSA) is 76.5 Å². The van der Waals surface area contributed by atoms with E-state index >= 15 is 0 Å². The van der Waals surface area contributed by atoms with Gasteiger partial charge in [-0.3, -0.25) is 9.59 Å². The molecular weight excluding hydrogens is 344 g/mol. The van der Waals surface area contributed by atoms with Crippen LogP contribution in [0.2, 0.25) is 0 Å². The van der Waals surface area contributed by atoms with Crippen LogP contribution in [0.3, 0.4) is 0 Å². The van der Waals surface area contributed by atoms with Gasteiger partial charge in [0.2, 0.25) is 5.91 Å². The number of anilines is 1. The summed E-state index contributed by atoms with van der Waals surface area (Å²) in [6.45, 7) is 4.64. The Kier molecular flexibility index (Phi) is 6.59. The molecule has 2 aromatic rings. The fourth-order valence-electron chi connectivity index (χ4n) is 3.07. The zero-order valence-electron chi connectivity index (χ0n) is 15.6. The molecular formula is C20H26N4O3. The lowest BCUT2D eigenvalue weighted by molar-refractivity contribution is -0.122. The number of amides is 1. The Labute approximate surface area is 158 Å². The maximum atomic E-state index is 12.3. The highest BCUT2D eigenvalue weighted by Crippen LogP contribution is 2.10. The number of carbonyl (C=O) groups excluding carboxylic acids is 1. The number of hydrogen-bond donors (Lipinski definition) is 1. The number of carbonyl (C=O) groups is 1. The molecule has 2 heterocycles. The molecule has 1 aromatic heterocycles. The van der Waals surface area contributed by atoms with Crippen molar-refractivity contribution in [3.63, 3.8) is 0 Å². The summed E-state index contributed by atoms with van der Waals surface area (Å²) in [5.41, 5.74) is 0.966. The maximum Gasteiger partial charge on any atom is 0.267 e. The molecule has 0 aliphatic carbocycles. The summed E-state index contributed by atoms with van der Waals surface area (Å²) in [6.07, 6.45) is 1.74. The Balaban J connectivity index is 1.54. The molecule has 144 valence electrons. The number of rotatable bonds is 7. The first kappa shape index (κ1) is 19.1. The largest absolute Gasteiger partial charge is 0.378 e. The molecule has 1 atom stereocenters. The monoisotopic (exact) mass is 370 g/mol. The van der Waals surface area contributed by atoms with E-state index in [0.717, 1.165) is 25.9 Å². The number of hydrogen-bond acceptors (Lipinski definition) is 5. The Hall–Kier alpha value is -2.67. The molecule has 0 spiro atoms. The highest BCUT2D eigenvalue weighted by atomic mass is 16.5. The second-order valence-corrected chi connectivity index (χ2v) is 6.78. The van der Waals surface area contributed by atoms with Gasteiger partial charge in [0.1, 0.15) is 12.4 Å². The van der Waals surface area contributed by atoms with Gasteiger partial charge >= 0.3 is 0 Å². The van der Waals surface area contributed by atoms with Crippen molar-refractivity contribution in [2.75, 3.05) is 31.2 Å². The summed E-state index contributed by atoms with van der Waals surface area (Å²) in [6, 6.07) is 13.4. The third kappa shape index (κ3) is 5.65. The minimum atomic E-state index is -0.279. The van der Waals surface area contributed by atoms with Crippen LogP contribution in [0.15, 0.2) is 47.3 Å². The van der Waals surface area contributed by atoms with Gasteiger partial charge in [-0.2, -0.15) is 5.10 Å². The van der Waals surface area contributed by atoms with Crippen molar-refractivity contribution < 1.29 is 9.53 Å². The lowest BCUT2D eigenvalue weighted by Gasteiger charge is -2.27. The molecule has 0 unspecified atom stereocenters. The molecule has 1 saturated heterocycles. The van der Waals surface area contributed by atoms with E-state index in [9.17, 15) is 9.59 Å². The predicted molar refractivity (Wildman–Crippen MR) is 104 cm³/mol. The molecule has 1 aliphatic rings. The molecule has 7 nitrogen and oxygen atoms in total. The predicted octanol–water partition coefficient (Wildman–Crippen LogP) is 1.22. The number of benzene rings is 1. The lowest BCUT2D eigenvalue weighted by atomic mass is 10.1. The van der Waals surface area contributed by atoms with E-state index in [4.69, 9.17) is 4.74 Å². The molecule has 0 bridgehead atoms. The van der Waals surface area contributed by atoms with Gasteiger partial charge in [0.25, 0.3) is 5.56 Å². The minimum absolute atomic E-state index is 0.0239. The van der Waals surface area contributed by atoms with Gasteiger partial charge in [-0.25, -0.2) is 4.68 Å². The summed E-state index contributed by atoms with van der Waals surface area (Å²) < 4.78 is 6.56. The normalized spacial score (nSPS) is 15.4. The van der Waals surface area contributed by atoms with Gasteiger partial charge < -0.3 is 15.0 Å². The zero-order valence-corrected chi connectivity index (χ0v) is 15.6. The average molecular weight is 370 g/mol. The van der Waals surface area contributed by atoms with Crippen molar-refractivity contribution >= 4 is 11.7 Å². The van der Waals surface area contributed by atoms with E-state index in [1.807, 2.05) is 25.1 Å². The summed E-state index contributed by atoms with van der Waals surface area (Å²) in [7, 11) is 0. The van der Waals surface area contributed by atoms with Crippen molar-refractivity contribution in [1.29, 1.82) is 0 Å². The number of nitrogens with one attached hydrogen (secondary N) is 1. The van der Waals surface area contributed by atoms with Gasteiger partial charge in [-0.1, -0.05) is 30.3 Å². The molecule has 1 N–H and O–H groups in total. The van der Waals surface area contributed by atoms with E-state index in [0.29, 0.717) is 19.0 Å². The summed E-state index contributed by atoms with van der Waals surface area (Å²) >= 11 is 0. The third-order valence-electron chi connectivity index (χ3n) is 4.60. The van der Waals surface area contributed by atoms with E-state index in [1.54, 1.807) is 6.07 Å². The summed E-state index contributed by atoms with van der Waals surface area (Å²) in [5.74, 6) is 0.493. The Morgan fingerprint density at radius 1 is 1.19 bits per heavy atom. The number of morpholine rings is 1. The van der Waals surface area contributed by atoms with Crippen molar-refractivity contribution in [2.45, 2.75) is 32.4 Å². The summed E-state index contributed by atoms with van der Waals surface area (Å²) in [5, 5.41) is 7.30. The zero-order chi connectivity index (χ0) is 19.1. The van der Waals surface area contributed by atoms with Gasteiger partial charge in [0, 0.05) is 25.2 Å². The first-order valence-electron chi connectivity index (χ1n) is 9.36. The summed E-state index contributed by atoms with van der Waals surface area (Å²) in [4.78, 5) is 26.4. The van der Waals surface area contributed by atoms with E-state index in [1.165, 1.54) is 16.3 Å². The Bertz CT molecular complexity index is 800. The van der Waals surface area contributed by atoms with Crippen LogP contribution in [0, 0.1) is 0 Å². The van der Waals surface area contributed by atoms with Crippen LogP contribution in [-0.4, -0.2) is 48.0 Å². The molecule has 0 radical (unpaired) electrons. The van der Waals surface area contributed by atoms with Gasteiger partial charge in [0.15, 0.2) is 0 Å². The first-order chi connectivity index (χ1) is 13.1. The Morgan fingerprint density at radius 3 is 2.67 bits per heavy atom. The highest BCUT2D eigenvalue weighted by molar-refractivity contribution is 5.75. The third-order valence-corrected chi connectivity index (χ3v) is 4.60. The van der Waals surface area contributed by atoms with Crippen LogP contribution in [-0.2, 0) is 22.5 Å². The van der Waals surface area contributed by atoms with Crippen LogP contribution < -0.4 is 15.8 Å². The Morgan fingerprint density at radius 2 is 1.93 bits per heavy atom. The standard InChI is InChI=1S/C20H26N4O3/c1-16(7-8-17-5-3-2-4-6-17)21-19(25)15-24-20(26)10-9-18(22-24)23-11-13-27-14-12-23/h2-6,9-10,16H,7-8,11-15H2,1H3,(H,21,25)/t16-/m0/s1. The smallest absolute Gasteiger partial charge is 0.267 e. The van der Waals surface area contributed by atoms with Gasteiger partial charge in [-0.15, -0.1) is 0 Å². The molecule has 1 aromatic carbocycles. The van der Waals surface area contributed by atoms with Crippen molar-refractivity contribution in [3.05, 3.63) is 58.4 Å². The molecule has 0 saturated carbocycles. The quantitative estimate of drug-likeness (QED) is 0.793. The van der Waals surface area contributed by atoms with E-state index in [2.05, 4.69) is 27.4 Å². The van der Waals surface area contributed by atoms with E-state index < -0.39 is 0 Å². The highest BCUT2D eigenvalue weighted by Gasteiger charge is 2.15. The van der Waals surface area contributed by atoms with Gasteiger partial charge in [0.05, 0.1) is 13.2 Å². The molecule has 1 amide bonds. The second-order valence-electron chi connectivity index (χ2n) is 6.78. The fourth-order valence-corrected chi connectivity index (χ4v) is 3.07. The SMILES string of the molecule is C[C@@H](CCc1ccccc1)NC(=O)Cn1nc(N2CCOCC2)ccc1=O. The number of ether oxygens (including phenoxy) is 1. The molecule has 1 fully saturated rings. The molecule has 3 rings (SSSR count). The molecule has 27 heavy (non-hydrogen) atoms. The van der Waals surface area contributed by atoms with Crippen molar-refractivity contribution in [1.82, 2.24) is 15.1 Å². The minimum Gasteiger partial charge on any atom is -0.378 e.